The summed E-state index contributed by atoms with van der Waals surface area (Å²) in [4.78, 5) is 23.5. The highest BCUT2D eigenvalue weighted by molar-refractivity contribution is 7.80. The summed E-state index contributed by atoms with van der Waals surface area (Å²) in [7, 11) is 0. The molecule has 0 radical (unpaired) electrons. The number of anilines is 3. The zero-order valence-electron chi connectivity index (χ0n) is 20.4. The number of carbonyl (C=O) groups excluding carboxylic acids is 1. The van der Waals surface area contributed by atoms with Crippen LogP contribution >= 0.6 is 23.6 Å². The molecule has 3 aromatic carbocycles. The summed E-state index contributed by atoms with van der Waals surface area (Å²) in [5, 5.41) is 1.18. The van der Waals surface area contributed by atoms with Crippen molar-refractivity contribution in [3.8, 4) is 10.6 Å². The number of ether oxygens (including phenoxy) is 1. The van der Waals surface area contributed by atoms with Crippen LogP contribution in [0.1, 0.15) is 13.8 Å². The van der Waals surface area contributed by atoms with E-state index in [1.54, 1.807) is 17.4 Å². The quantitative estimate of drug-likeness (QED) is 0.211. The number of benzene rings is 3. The Morgan fingerprint density at radius 3 is 2.41 bits per heavy atom. The molecule has 1 fully saturated rings. The summed E-state index contributed by atoms with van der Waals surface area (Å²) in [5.41, 5.74) is 5.25. The van der Waals surface area contributed by atoms with E-state index in [4.69, 9.17) is 21.9 Å². The van der Waals surface area contributed by atoms with Gasteiger partial charge in [0.25, 0.3) is 11.1 Å². The Labute approximate surface area is 224 Å². The Morgan fingerprint density at radius 2 is 1.68 bits per heavy atom. The summed E-state index contributed by atoms with van der Waals surface area (Å²) in [5.74, 6) is 0.941. The number of amides is 1. The molecule has 4 aromatic rings. The van der Waals surface area contributed by atoms with Gasteiger partial charge in [-0.3, -0.25) is 14.6 Å². The van der Waals surface area contributed by atoms with Gasteiger partial charge in [-0.05, 0) is 80.7 Å². The molecule has 1 amide bonds. The van der Waals surface area contributed by atoms with Crippen molar-refractivity contribution in [2.75, 3.05) is 22.9 Å². The molecule has 184 valence electrons. The van der Waals surface area contributed by atoms with Crippen molar-refractivity contribution >= 4 is 61.9 Å². The van der Waals surface area contributed by atoms with Gasteiger partial charge in [0.2, 0.25) is 0 Å². The summed E-state index contributed by atoms with van der Waals surface area (Å²) < 4.78 is 6.78. The van der Waals surface area contributed by atoms with Gasteiger partial charge < -0.3 is 9.64 Å². The number of likely N-dealkylation sites (N-methyl/N-ethyl adjacent to an activating group) is 1. The van der Waals surface area contributed by atoms with E-state index in [9.17, 15) is 4.79 Å². The van der Waals surface area contributed by atoms with E-state index in [0.29, 0.717) is 6.54 Å². The van der Waals surface area contributed by atoms with Crippen LogP contribution in [0.25, 0.3) is 20.8 Å². The maximum absolute atomic E-state index is 12.7. The molecule has 2 aliphatic heterocycles. The smallest absolute Gasteiger partial charge is 0.297 e. The zero-order chi connectivity index (χ0) is 25.5. The minimum absolute atomic E-state index is 0.194. The summed E-state index contributed by atoms with van der Waals surface area (Å²) in [6.45, 7) is 5.21. The van der Waals surface area contributed by atoms with Gasteiger partial charge in [-0.1, -0.05) is 30.3 Å². The molecule has 0 atom stereocenters. The number of rotatable bonds is 5. The van der Waals surface area contributed by atoms with E-state index >= 15 is 0 Å². The Balaban J connectivity index is 1.46. The molecule has 1 aromatic heterocycles. The molecule has 37 heavy (non-hydrogen) atoms. The van der Waals surface area contributed by atoms with Gasteiger partial charge in [0, 0.05) is 24.3 Å². The van der Waals surface area contributed by atoms with Crippen LogP contribution in [0.5, 0.6) is 0 Å². The maximum Gasteiger partial charge on any atom is 0.297 e. The molecule has 0 aliphatic carbocycles. The average Bonchev–Trinajstić information content (AvgIpc) is 3.58. The molecule has 3 heterocycles. The number of thiocarbonyl (C=S) groups is 1. The normalized spacial score (nSPS) is 17.4. The van der Waals surface area contributed by atoms with E-state index in [2.05, 4.69) is 53.1 Å². The van der Waals surface area contributed by atoms with Crippen molar-refractivity contribution in [1.29, 1.82) is 0 Å². The van der Waals surface area contributed by atoms with Crippen LogP contribution < -0.4 is 9.80 Å². The average molecular weight is 525 g/mol. The number of hydrogen-bond acceptors (Lipinski definition) is 7. The van der Waals surface area contributed by atoms with Crippen LogP contribution in [0, 0.1) is 0 Å². The third kappa shape index (κ3) is 3.98. The second-order valence-electron chi connectivity index (χ2n) is 8.58. The monoisotopic (exact) mass is 524 g/mol. The molecule has 0 saturated carbocycles. The van der Waals surface area contributed by atoms with Crippen LogP contribution in [0.15, 0.2) is 96.5 Å². The number of nitrogens with zero attached hydrogens (tertiary/aromatic N) is 4. The summed E-state index contributed by atoms with van der Waals surface area (Å²) in [6.07, 6.45) is 3.65. The second-order valence-corrected chi connectivity index (χ2v) is 9.96. The largest absolute Gasteiger partial charge is 0.426 e. The highest BCUT2D eigenvalue weighted by atomic mass is 32.1. The van der Waals surface area contributed by atoms with Crippen molar-refractivity contribution in [2.45, 2.75) is 13.8 Å². The second kappa shape index (κ2) is 9.46. The molecule has 0 bridgehead atoms. The van der Waals surface area contributed by atoms with Gasteiger partial charge in [0.1, 0.15) is 10.8 Å². The number of hydrogen-bond donors (Lipinski definition) is 0. The molecule has 0 unspecified atom stereocenters. The van der Waals surface area contributed by atoms with E-state index in [0.717, 1.165) is 45.5 Å². The molecule has 0 spiro atoms. The molecule has 2 aliphatic rings. The fourth-order valence-electron chi connectivity index (χ4n) is 4.71. The maximum atomic E-state index is 12.7. The van der Waals surface area contributed by atoms with E-state index in [1.807, 2.05) is 49.4 Å². The highest BCUT2D eigenvalue weighted by Gasteiger charge is 2.34. The molecule has 6 rings (SSSR count). The van der Waals surface area contributed by atoms with E-state index < -0.39 is 0 Å². The zero-order valence-corrected chi connectivity index (χ0v) is 22.1. The van der Waals surface area contributed by atoms with Gasteiger partial charge in [-0.2, -0.15) is 0 Å². The lowest BCUT2D eigenvalue weighted by Gasteiger charge is -2.24. The lowest BCUT2D eigenvalue weighted by molar-refractivity contribution is -0.122. The number of carbonyl (C=O) groups is 1. The van der Waals surface area contributed by atoms with Gasteiger partial charge in [-0.25, -0.2) is 4.98 Å². The summed E-state index contributed by atoms with van der Waals surface area (Å²) in [6, 6.07) is 24.9. The third-order valence-electron chi connectivity index (χ3n) is 6.46. The van der Waals surface area contributed by atoms with Crippen molar-refractivity contribution in [3.63, 3.8) is 0 Å². The Hall–Kier alpha value is -4.01. The minimum atomic E-state index is -0.215. The Bertz CT molecular complexity index is 1560. The SMILES string of the molecule is CCN1C(=O)/C(=C\C=C2\N(CC)c3cc(-c4nc5ccccc5s4)ccc3N2c2ccccc2)OC1=S. The molecule has 8 heteroatoms. The number of aromatic nitrogens is 1. The lowest BCUT2D eigenvalue weighted by Crippen LogP contribution is -2.28. The number of thiazole rings is 1. The van der Waals surface area contributed by atoms with Gasteiger partial charge in [0.05, 0.1) is 21.6 Å². The Morgan fingerprint density at radius 1 is 0.919 bits per heavy atom. The predicted molar refractivity (Wildman–Crippen MR) is 154 cm³/mol. The fraction of sp³-hybridized carbons (Fsp3) is 0.138. The van der Waals surface area contributed by atoms with Gasteiger partial charge in [0.15, 0.2) is 5.76 Å². The van der Waals surface area contributed by atoms with Crippen molar-refractivity contribution < 1.29 is 9.53 Å². The standard InChI is InChI=1S/C29H24N4O2S2/c1-3-31-23-18-19(27-30-21-12-8-9-13-25(21)37-27)14-15-22(23)33(20-10-6-5-7-11-20)26(31)17-16-24-28(34)32(4-2)29(36)35-24/h5-18H,3-4H2,1-2H3/b24-16+,26-17-. The van der Waals surface area contributed by atoms with Crippen LogP contribution in [0.2, 0.25) is 0 Å². The lowest BCUT2D eigenvalue weighted by atomic mass is 10.1. The number of para-hydroxylation sites is 2. The Kier molecular flexibility index (Phi) is 5.98. The molecule has 1 saturated heterocycles. The number of allylic oxidation sites excluding steroid dienone is 2. The first kappa shape index (κ1) is 23.4. The first-order valence-corrected chi connectivity index (χ1v) is 13.4. The first-order chi connectivity index (χ1) is 18.1. The third-order valence-corrected chi connectivity index (χ3v) is 7.85. The molecule has 6 nitrogen and oxygen atoms in total. The first-order valence-electron chi connectivity index (χ1n) is 12.2. The van der Waals surface area contributed by atoms with Crippen molar-refractivity contribution in [1.82, 2.24) is 9.88 Å². The van der Waals surface area contributed by atoms with E-state index in [1.165, 1.54) is 9.60 Å². The van der Waals surface area contributed by atoms with Crippen molar-refractivity contribution in [2.24, 2.45) is 0 Å². The van der Waals surface area contributed by atoms with Gasteiger partial charge >= 0.3 is 0 Å². The summed E-state index contributed by atoms with van der Waals surface area (Å²) >= 11 is 6.92. The van der Waals surface area contributed by atoms with Crippen LogP contribution in [-0.4, -0.2) is 34.1 Å². The van der Waals surface area contributed by atoms with Crippen LogP contribution in [0.4, 0.5) is 17.1 Å². The van der Waals surface area contributed by atoms with Crippen LogP contribution in [-0.2, 0) is 9.53 Å². The fourth-order valence-corrected chi connectivity index (χ4v) is 5.97. The van der Waals surface area contributed by atoms with Gasteiger partial charge in [-0.15, -0.1) is 11.3 Å². The molecular weight excluding hydrogens is 500 g/mol. The highest BCUT2D eigenvalue weighted by Crippen LogP contribution is 2.48. The topological polar surface area (TPSA) is 48.9 Å². The minimum Gasteiger partial charge on any atom is -0.426 e. The van der Waals surface area contributed by atoms with Crippen LogP contribution in [0.3, 0.4) is 0 Å². The van der Waals surface area contributed by atoms with Crippen molar-refractivity contribution in [3.05, 3.63) is 96.5 Å². The number of fused-ring (bicyclic) bond motifs is 2. The molecular formula is C29H24N4O2S2. The van der Waals surface area contributed by atoms with E-state index in [-0.39, 0.29) is 16.8 Å². The predicted octanol–water partition coefficient (Wildman–Crippen LogP) is 6.83. The molecule has 0 N–H and O–H groups in total.